The second-order valence-electron chi connectivity index (χ2n) is 2.69. The molecule has 0 aromatic rings. The molecule has 0 aromatic heterocycles. The highest BCUT2D eigenvalue weighted by atomic mass is 17.3. The number of fused-ring (bicyclic) bond motifs is 2. The highest BCUT2D eigenvalue weighted by molar-refractivity contribution is 4.64. The van der Waals surface area contributed by atoms with Gasteiger partial charge >= 0.3 is 5.97 Å². The largest absolute Gasteiger partial charge is 0.341 e. The summed E-state index contributed by atoms with van der Waals surface area (Å²) in [4.78, 5) is 9.27. The van der Waals surface area contributed by atoms with Crippen LogP contribution in [0.25, 0.3) is 0 Å². The van der Waals surface area contributed by atoms with Crippen LogP contribution in [-0.4, -0.2) is 17.4 Å². The van der Waals surface area contributed by atoms with E-state index in [1.54, 1.807) is 0 Å². The van der Waals surface area contributed by atoms with Gasteiger partial charge in [-0.25, -0.2) is 0 Å². The predicted molar refractivity (Wildman–Crippen MR) is 30.5 cm³/mol. The molecule has 2 bridgehead atoms. The van der Waals surface area contributed by atoms with Crippen molar-refractivity contribution in [3.63, 3.8) is 0 Å². The standard InChI is InChI=1S/C6H10O4/c7-6-4-2-1-3-5(8-6)9-10-6/h5,7H,1-4H2. The molecule has 0 radical (unpaired) electrons. The molecule has 2 heterocycles. The monoisotopic (exact) mass is 146 g/mol. The van der Waals surface area contributed by atoms with Gasteiger partial charge in [0, 0.05) is 12.8 Å². The minimum Gasteiger partial charge on any atom is -0.341 e. The van der Waals surface area contributed by atoms with Crippen LogP contribution in [0.4, 0.5) is 0 Å². The Bertz CT molecular complexity index is 136. The molecule has 0 aromatic carbocycles. The third kappa shape index (κ3) is 1.03. The van der Waals surface area contributed by atoms with Gasteiger partial charge in [-0.3, -0.25) is 4.74 Å². The van der Waals surface area contributed by atoms with E-state index in [0.717, 1.165) is 19.3 Å². The predicted octanol–water partition coefficient (Wildman–Crippen LogP) is 0.511. The first-order valence-electron chi connectivity index (χ1n) is 3.53. The van der Waals surface area contributed by atoms with Crippen LogP contribution in [0, 0.1) is 0 Å². The Labute approximate surface area is 58.6 Å². The van der Waals surface area contributed by atoms with Crippen LogP contribution in [0.3, 0.4) is 0 Å². The molecule has 10 heavy (non-hydrogen) atoms. The Hall–Kier alpha value is -0.160. The van der Waals surface area contributed by atoms with E-state index in [-0.39, 0.29) is 6.29 Å². The van der Waals surface area contributed by atoms with Crippen molar-refractivity contribution in [3.05, 3.63) is 0 Å². The highest BCUT2D eigenvalue weighted by Crippen LogP contribution is 2.33. The third-order valence-corrected chi connectivity index (χ3v) is 1.78. The van der Waals surface area contributed by atoms with Crippen molar-refractivity contribution in [2.45, 2.75) is 37.9 Å². The van der Waals surface area contributed by atoms with Gasteiger partial charge in [0.05, 0.1) is 0 Å². The van der Waals surface area contributed by atoms with Crippen LogP contribution in [0.15, 0.2) is 0 Å². The Balaban J connectivity index is 2.09. The maximum Gasteiger partial charge on any atom is 0.312 e. The van der Waals surface area contributed by atoms with Crippen molar-refractivity contribution in [1.29, 1.82) is 0 Å². The van der Waals surface area contributed by atoms with E-state index >= 15 is 0 Å². The van der Waals surface area contributed by atoms with Crippen LogP contribution < -0.4 is 0 Å². The van der Waals surface area contributed by atoms with Crippen LogP contribution in [0.5, 0.6) is 0 Å². The van der Waals surface area contributed by atoms with Gasteiger partial charge in [-0.15, -0.1) is 0 Å². The first-order valence-corrected chi connectivity index (χ1v) is 3.53. The van der Waals surface area contributed by atoms with E-state index in [1.165, 1.54) is 0 Å². The van der Waals surface area contributed by atoms with E-state index in [1.807, 2.05) is 0 Å². The molecule has 4 heteroatoms. The fraction of sp³-hybridized carbons (Fsp3) is 1.00. The average molecular weight is 146 g/mol. The van der Waals surface area contributed by atoms with E-state index in [9.17, 15) is 5.11 Å². The van der Waals surface area contributed by atoms with Crippen molar-refractivity contribution in [3.8, 4) is 0 Å². The summed E-state index contributed by atoms with van der Waals surface area (Å²) in [6.45, 7) is 0. The molecule has 2 rings (SSSR count). The normalized spacial score (nSPS) is 47.1. The van der Waals surface area contributed by atoms with Crippen molar-refractivity contribution < 1.29 is 19.6 Å². The summed E-state index contributed by atoms with van der Waals surface area (Å²) in [7, 11) is 0. The molecule has 0 aliphatic carbocycles. The van der Waals surface area contributed by atoms with Gasteiger partial charge in [-0.2, -0.15) is 9.78 Å². The fourth-order valence-electron chi connectivity index (χ4n) is 1.24. The van der Waals surface area contributed by atoms with Gasteiger partial charge in [0.2, 0.25) is 0 Å². The Kier molecular flexibility index (Phi) is 1.42. The highest BCUT2D eigenvalue weighted by Gasteiger charge is 2.43. The van der Waals surface area contributed by atoms with Gasteiger partial charge in [0.25, 0.3) is 0 Å². The Morgan fingerprint density at radius 1 is 1.40 bits per heavy atom. The summed E-state index contributed by atoms with van der Waals surface area (Å²) in [5.41, 5.74) is 0. The van der Waals surface area contributed by atoms with E-state index < -0.39 is 5.97 Å². The van der Waals surface area contributed by atoms with Gasteiger partial charge in [-0.05, 0) is 12.8 Å². The molecular weight excluding hydrogens is 136 g/mol. The van der Waals surface area contributed by atoms with Crippen molar-refractivity contribution in [1.82, 2.24) is 0 Å². The fourth-order valence-corrected chi connectivity index (χ4v) is 1.24. The Morgan fingerprint density at radius 2 is 2.30 bits per heavy atom. The van der Waals surface area contributed by atoms with Crippen LogP contribution in [-0.2, 0) is 14.5 Å². The first-order chi connectivity index (χ1) is 4.79. The molecule has 0 spiro atoms. The van der Waals surface area contributed by atoms with Crippen molar-refractivity contribution in [2.75, 3.05) is 0 Å². The molecule has 0 saturated carbocycles. The van der Waals surface area contributed by atoms with E-state index in [4.69, 9.17) is 4.74 Å². The minimum atomic E-state index is -1.44. The van der Waals surface area contributed by atoms with Crippen molar-refractivity contribution in [2.24, 2.45) is 0 Å². The van der Waals surface area contributed by atoms with Gasteiger partial charge < -0.3 is 5.11 Å². The lowest BCUT2D eigenvalue weighted by atomic mass is 10.2. The van der Waals surface area contributed by atoms with Crippen LogP contribution in [0.1, 0.15) is 25.7 Å². The van der Waals surface area contributed by atoms with Gasteiger partial charge in [0.15, 0.2) is 6.29 Å². The number of rotatable bonds is 0. The molecule has 2 atom stereocenters. The molecule has 0 amide bonds. The van der Waals surface area contributed by atoms with Crippen LogP contribution >= 0.6 is 0 Å². The SMILES string of the molecule is OC12CCCCC(OO1)O2. The molecular formula is C6H10O4. The molecule has 4 nitrogen and oxygen atoms in total. The summed E-state index contributed by atoms with van der Waals surface area (Å²) < 4.78 is 5.02. The molecule has 58 valence electrons. The summed E-state index contributed by atoms with van der Waals surface area (Å²) in [5, 5.41) is 9.33. The zero-order chi connectivity index (χ0) is 7.03. The summed E-state index contributed by atoms with van der Waals surface area (Å²) in [6, 6.07) is 0. The van der Waals surface area contributed by atoms with Crippen molar-refractivity contribution >= 4 is 0 Å². The zero-order valence-corrected chi connectivity index (χ0v) is 5.58. The smallest absolute Gasteiger partial charge is 0.312 e. The molecule has 2 saturated heterocycles. The maximum absolute atomic E-state index is 9.33. The first kappa shape index (κ1) is 6.54. The third-order valence-electron chi connectivity index (χ3n) is 1.78. The molecule has 1 N–H and O–H groups in total. The summed E-state index contributed by atoms with van der Waals surface area (Å²) in [5.74, 6) is -1.44. The lowest BCUT2D eigenvalue weighted by Crippen LogP contribution is -2.28. The molecule has 2 aliphatic heterocycles. The van der Waals surface area contributed by atoms with Crippen LogP contribution in [0.2, 0.25) is 0 Å². The zero-order valence-electron chi connectivity index (χ0n) is 5.58. The topological polar surface area (TPSA) is 47.9 Å². The number of aliphatic hydroxyl groups is 1. The summed E-state index contributed by atoms with van der Waals surface area (Å²) >= 11 is 0. The second kappa shape index (κ2) is 2.17. The molecule has 2 fully saturated rings. The average Bonchev–Trinajstić information content (AvgIpc) is 2.11. The van der Waals surface area contributed by atoms with Gasteiger partial charge in [0.1, 0.15) is 0 Å². The number of hydrogen-bond donors (Lipinski definition) is 1. The lowest BCUT2D eigenvalue weighted by Gasteiger charge is -2.14. The van der Waals surface area contributed by atoms with E-state index in [0.29, 0.717) is 6.42 Å². The summed E-state index contributed by atoms with van der Waals surface area (Å²) in [6.07, 6.45) is 2.91. The quantitative estimate of drug-likeness (QED) is 0.506. The molecule has 2 unspecified atom stereocenters. The molecule has 2 aliphatic rings. The van der Waals surface area contributed by atoms with Gasteiger partial charge in [-0.1, -0.05) is 0 Å². The number of ether oxygens (including phenoxy) is 1. The van der Waals surface area contributed by atoms with E-state index in [2.05, 4.69) is 9.78 Å². The minimum absolute atomic E-state index is 0.354. The Morgan fingerprint density at radius 3 is 3.20 bits per heavy atom. The lowest BCUT2D eigenvalue weighted by molar-refractivity contribution is -0.404. The number of hydrogen-bond acceptors (Lipinski definition) is 4. The maximum atomic E-state index is 9.33. The second-order valence-corrected chi connectivity index (χ2v) is 2.69.